The number of halogens is 1. The molecule has 1 rings (SSSR count). The van der Waals surface area contributed by atoms with Crippen LogP contribution in [0.25, 0.3) is 0 Å². The standard InChI is InChI=1S/C11H15FO2/c1-8(2)9-4-10(13-3)6-11(5-9)14-7-12/h4-6,8H,7H2,1-3H3. The fourth-order valence-corrected chi connectivity index (χ4v) is 1.19. The number of hydrogen-bond donors (Lipinski definition) is 0. The molecule has 0 aliphatic heterocycles. The molecule has 1 aromatic carbocycles. The molecule has 2 nitrogen and oxygen atoms in total. The van der Waals surface area contributed by atoms with E-state index in [2.05, 4.69) is 13.8 Å². The van der Waals surface area contributed by atoms with Crippen molar-refractivity contribution in [1.82, 2.24) is 0 Å². The van der Waals surface area contributed by atoms with Crippen LogP contribution in [0.1, 0.15) is 25.3 Å². The van der Waals surface area contributed by atoms with Crippen LogP contribution in [0.5, 0.6) is 11.5 Å². The van der Waals surface area contributed by atoms with E-state index in [9.17, 15) is 4.39 Å². The third kappa shape index (κ3) is 2.62. The molecule has 0 aromatic heterocycles. The second-order valence-electron chi connectivity index (χ2n) is 3.35. The number of hydrogen-bond acceptors (Lipinski definition) is 2. The van der Waals surface area contributed by atoms with Crippen molar-refractivity contribution >= 4 is 0 Å². The lowest BCUT2D eigenvalue weighted by Crippen LogP contribution is -1.95. The van der Waals surface area contributed by atoms with Crippen molar-refractivity contribution in [2.45, 2.75) is 19.8 Å². The SMILES string of the molecule is COc1cc(OCF)cc(C(C)C)c1. The predicted octanol–water partition coefficient (Wildman–Crippen LogP) is 3.12. The molecule has 3 heteroatoms. The highest BCUT2D eigenvalue weighted by Crippen LogP contribution is 2.27. The van der Waals surface area contributed by atoms with Crippen LogP contribution in [0, 0.1) is 0 Å². The molecule has 0 N–H and O–H groups in total. The molecule has 0 saturated heterocycles. The Hall–Kier alpha value is -1.25. The summed E-state index contributed by atoms with van der Waals surface area (Å²) in [7, 11) is 1.58. The maximum absolute atomic E-state index is 12.0. The lowest BCUT2D eigenvalue weighted by molar-refractivity contribution is 0.191. The molecular formula is C11H15FO2. The van der Waals surface area contributed by atoms with Crippen LogP contribution in [-0.4, -0.2) is 14.0 Å². The van der Waals surface area contributed by atoms with E-state index in [0.29, 0.717) is 17.4 Å². The van der Waals surface area contributed by atoms with Crippen molar-refractivity contribution in [3.63, 3.8) is 0 Å². The maximum atomic E-state index is 12.0. The topological polar surface area (TPSA) is 18.5 Å². The summed E-state index contributed by atoms with van der Waals surface area (Å²) >= 11 is 0. The Balaban J connectivity index is 3.00. The molecule has 0 aliphatic carbocycles. The van der Waals surface area contributed by atoms with Gasteiger partial charge in [-0.2, -0.15) is 0 Å². The van der Waals surface area contributed by atoms with E-state index in [-0.39, 0.29) is 0 Å². The van der Waals surface area contributed by atoms with Gasteiger partial charge in [0.1, 0.15) is 11.5 Å². The van der Waals surface area contributed by atoms with E-state index in [0.717, 1.165) is 5.56 Å². The number of rotatable bonds is 4. The summed E-state index contributed by atoms with van der Waals surface area (Å²) in [6, 6.07) is 5.42. The molecular weight excluding hydrogens is 183 g/mol. The largest absolute Gasteiger partial charge is 0.497 e. The first-order valence-corrected chi connectivity index (χ1v) is 4.55. The first-order chi connectivity index (χ1) is 6.67. The highest BCUT2D eigenvalue weighted by atomic mass is 19.1. The van der Waals surface area contributed by atoms with Gasteiger partial charge in [-0.25, -0.2) is 4.39 Å². The van der Waals surface area contributed by atoms with Crippen molar-refractivity contribution in [1.29, 1.82) is 0 Å². The second kappa shape index (κ2) is 4.84. The smallest absolute Gasteiger partial charge is 0.228 e. The van der Waals surface area contributed by atoms with Gasteiger partial charge >= 0.3 is 0 Å². The van der Waals surface area contributed by atoms with Gasteiger partial charge in [0.05, 0.1) is 7.11 Å². The third-order valence-electron chi connectivity index (χ3n) is 2.03. The molecule has 0 amide bonds. The van der Waals surface area contributed by atoms with Crippen LogP contribution in [0.15, 0.2) is 18.2 Å². The van der Waals surface area contributed by atoms with Crippen LogP contribution < -0.4 is 9.47 Å². The van der Waals surface area contributed by atoms with Crippen LogP contribution in [0.4, 0.5) is 4.39 Å². The Bertz CT molecular complexity index is 297. The van der Waals surface area contributed by atoms with Crippen molar-refractivity contribution in [2.75, 3.05) is 14.0 Å². The van der Waals surface area contributed by atoms with Gasteiger partial charge in [-0.3, -0.25) is 0 Å². The van der Waals surface area contributed by atoms with Gasteiger partial charge in [-0.05, 0) is 23.6 Å². The highest BCUT2D eigenvalue weighted by molar-refractivity contribution is 5.39. The van der Waals surface area contributed by atoms with Crippen LogP contribution >= 0.6 is 0 Å². The minimum atomic E-state index is -0.815. The Morgan fingerprint density at radius 2 is 1.86 bits per heavy atom. The molecule has 0 heterocycles. The van der Waals surface area contributed by atoms with E-state index in [4.69, 9.17) is 9.47 Å². The zero-order valence-electron chi connectivity index (χ0n) is 8.71. The van der Waals surface area contributed by atoms with Gasteiger partial charge in [-0.15, -0.1) is 0 Å². The summed E-state index contributed by atoms with van der Waals surface area (Å²) in [5.41, 5.74) is 1.08. The van der Waals surface area contributed by atoms with E-state index in [1.54, 1.807) is 13.2 Å². The zero-order valence-corrected chi connectivity index (χ0v) is 8.71. The number of methoxy groups -OCH3 is 1. The van der Waals surface area contributed by atoms with Crippen molar-refractivity contribution in [3.05, 3.63) is 23.8 Å². The van der Waals surface area contributed by atoms with Crippen molar-refractivity contribution < 1.29 is 13.9 Å². The maximum Gasteiger partial charge on any atom is 0.228 e. The fourth-order valence-electron chi connectivity index (χ4n) is 1.19. The lowest BCUT2D eigenvalue weighted by Gasteiger charge is -2.10. The van der Waals surface area contributed by atoms with Crippen molar-refractivity contribution in [2.24, 2.45) is 0 Å². The van der Waals surface area contributed by atoms with Gasteiger partial charge < -0.3 is 9.47 Å². The molecule has 14 heavy (non-hydrogen) atoms. The Kier molecular flexibility index (Phi) is 3.74. The fraction of sp³-hybridized carbons (Fsp3) is 0.455. The third-order valence-corrected chi connectivity index (χ3v) is 2.03. The zero-order chi connectivity index (χ0) is 10.6. The van der Waals surface area contributed by atoms with E-state index in [1.807, 2.05) is 12.1 Å². The molecule has 0 radical (unpaired) electrons. The summed E-state index contributed by atoms with van der Waals surface area (Å²) in [4.78, 5) is 0. The highest BCUT2D eigenvalue weighted by Gasteiger charge is 2.05. The predicted molar refractivity (Wildman–Crippen MR) is 53.7 cm³/mol. The molecule has 0 unspecified atom stereocenters. The average Bonchev–Trinajstić information content (AvgIpc) is 2.17. The number of benzene rings is 1. The molecule has 78 valence electrons. The van der Waals surface area contributed by atoms with E-state index >= 15 is 0 Å². The molecule has 0 bridgehead atoms. The number of alkyl halides is 1. The quantitative estimate of drug-likeness (QED) is 0.740. The summed E-state index contributed by atoms with van der Waals surface area (Å²) in [6.07, 6.45) is 0. The van der Waals surface area contributed by atoms with E-state index in [1.165, 1.54) is 0 Å². The Morgan fingerprint density at radius 1 is 1.21 bits per heavy atom. The normalized spacial score (nSPS) is 10.4. The lowest BCUT2D eigenvalue weighted by atomic mass is 10.0. The average molecular weight is 198 g/mol. The number of ether oxygens (including phenoxy) is 2. The first-order valence-electron chi connectivity index (χ1n) is 4.55. The molecule has 0 aliphatic rings. The summed E-state index contributed by atoms with van der Waals surface area (Å²) < 4.78 is 21.9. The van der Waals surface area contributed by atoms with E-state index < -0.39 is 6.86 Å². The van der Waals surface area contributed by atoms with Gasteiger partial charge in [0, 0.05) is 6.07 Å². The minimum Gasteiger partial charge on any atom is -0.497 e. The van der Waals surface area contributed by atoms with Gasteiger partial charge in [-0.1, -0.05) is 13.8 Å². The molecule has 0 fully saturated rings. The summed E-state index contributed by atoms with van der Waals surface area (Å²) in [6.45, 7) is 3.31. The van der Waals surface area contributed by atoms with Crippen LogP contribution in [-0.2, 0) is 0 Å². The Labute approximate surface area is 83.6 Å². The molecule has 0 atom stereocenters. The molecule has 0 spiro atoms. The molecule has 1 aromatic rings. The summed E-state index contributed by atoms with van der Waals surface area (Å²) in [5.74, 6) is 1.57. The summed E-state index contributed by atoms with van der Waals surface area (Å²) in [5, 5.41) is 0. The van der Waals surface area contributed by atoms with Gasteiger partial charge in [0.25, 0.3) is 0 Å². The molecule has 0 saturated carbocycles. The van der Waals surface area contributed by atoms with Gasteiger partial charge in [0.2, 0.25) is 6.86 Å². The van der Waals surface area contributed by atoms with Crippen LogP contribution in [0.2, 0.25) is 0 Å². The van der Waals surface area contributed by atoms with Gasteiger partial charge in [0.15, 0.2) is 0 Å². The monoisotopic (exact) mass is 198 g/mol. The minimum absolute atomic E-state index is 0.368. The van der Waals surface area contributed by atoms with Crippen molar-refractivity contribution in [3.8, 4) is 11.5 Å². The van der Waals surface area contributed by atoms with Crippen LogP contribution in [0.3, 0.4) is 0 Å². The Morgan fingerprint density at radius 3 is 2.36 bits per heavy atom. The first kappa shape index (κ1) is 10.8. The second-order valence-corrected chi connectivity index (χ2v) is 3.35.